The molecule has 88 valence electrons. The Morgan fingerprint density at radius 2 is 1.29 bits per heavy atom. The van der Waals surface area contributed by atoms with E-state index in [1.165, 1.54) is 0 Å². The molecule has 0 heterocycles. The molecule has 0 saturated carbocycles. The summed E-state index contributed by atoms with van der Waals surface area (Å²) < 4.78 is 0. The van der Waals surface area contributed by atoms with Crippen molar-refractivity contribution in [2.75, 3.05) is 0 Å². The summed E-state index contributed by atoms with van der Waals surface area (Å²) in [4.78, 5) is 0. The predicted octanol–water partition coefficient (Wildman–Crippen LogP) is 2.04. The van der Waals surface area contributed by atoms with Gasteiger partial charge in [-0.05, 0) is 23.3 Å². The third kappa shape index (κ3) is 2.30. The van der Waals surface area contributed by atoms with Crippen LogP contribution in [0.2, 0.25) is 0 Å². The number of aliphatic hydroxyl groups is 2. The van der Waals surface area contributed by atoms with E-state index in [0.717, 1.165) is 11.1 Å². The molecule has 0 spiro atoms. The van der Waals surface area contributed by atoms with E-state index in [1.54, 1.807) is 12.1 Å². The van der Waals surface area contributed by atoms with Crippen molar-refractivity contribution in [1.29, 1.82) is 0 Å². The van der Waals surface area contributed by atoms with Crippen LogP contribution in [0.4, 0.5) is 0 Å². The quantitative estimate of drug-likeness (QED) is 0.756. The molecule has 2 rings (SSSR count). The van der Waals surface area contributed by atoms with Gasteiger partial charge in [-0.1, -0.05) is 30.3 Å². The lowest BCUT2D eigenvalue weighted by Gasteiger charge is -2.10. The first-order valence-electron chi connectivity index (χ1n) is 5.38. The highest BCUT2D eigenvalue weighted by atomic mass is 16.3. The van der Waals surface area contributed by atoms with Crippen molar-refractivity contribution < 1.29 is 15.3 Å². The van der Waals surface area contributed by atoms with Gasteiger partial charge in [-0.2, -0.15) is 0 Å². The Morgan fingerprint density at radius 3 is 1.76 bits per heavy atom. The molecule has 3 N–H and O–H groups in total. The third-order valence-electron chi connectivity index (χ3n) is 2.72. The Bertz CT molecular complexity index is 481. The van der Waals surface area contributed by atoms with Crippen molar-refractivity contribution >= 4 is 0 Å². The Labute approximate surface area is 99.6 Å². The Kier molecular flexibility index (Phi) is 3.42. The molecule has 0 aliphatic carbocycles. The van der Waals surface area contributed by atoms with Crippen LogP contribution in [0.1, 0.15) is 11.1 Å². The lowest BCUT2D eigenvalue weighted by Crippen LogP contribution is -1.93. The first-order chi connectivity index (χ1) is 8.26. The number of benzene rings is 2. The summed E-state index contributed by atoms with van der Waals surface area (Å²) in [7, 11) is 0. The van der Waals surface area contributed by atoms with E-state index in [-0.39, 0.29) is 19.0 Å². The Balaban J connectivity index is 2.56. The minimum Gasteiger partial charge on any atom is -0.507 e. The van der Waals surface area contributed by atoms with Crippen molar-refractivity contribution in [2.24, 2.45) is 0 Å². The van der Waals surface area contributed by atoms with E-state index in [1.807, 2.05) is 30.3 Å². The maximum atomic E-state index is 9.74. The fraction of sp³-hybridized carbons (Fsp3) is 0.143. The van der Waals surface area contributed by atoms with Gasteiger partial charge in [0.1, 0.15) is 5.75 Å². The van der Waals surface area contributed by atoms with Gasteiger partial charge in [-0.25, -0.2) is 0 Å². The molecule has 0 atom stereocenters. The third-order valence-corrected chi connectivity index (χ3v) is 2.72. The number of aliphatic hydroxyl groups excluding tert-OH is 2. The summed E-state index contributed by atoms with van der Waals surface area (Å²) in [6.07, 6.45) is 0. The van der Waals surface area contributed by atoms with Crippen molar-refractivity contribution in [2.45, 2.75) is 13.2 Å². The van der Waals surface area contributed by atoms with Crippen LogP contribution in [0, 0.1) is 0 Å². The normalized spacial score (nSPS) is 10.5. The fourth-order valence-electron chi connectivity index (χ4n) is 1.80. The number of hydrogen-bond donors (Lipinski definition) is 3. The van der Waals surface area contributed by atoms with Crippen LogP contribution in [-0.4, -0.2) is 15.3 Å². The smallest absolute Gasteiger partial charge is 0.126 e. The van der Waals surface area contributed by atoms with Gasteiger partial charge in [-0.15, -0.1) is 0 Å². The fourth-order valence-corrected chi connectivity index (χ4v) is 1.80. The molecule has 2 aromatic rings. The van der Waals surface area contributed by atoms with E-state index in [2.05, 4.69) is 0 Å². The molecule has 0 radical (unpaired) electrons. The van der Waals surface area contributed by atoms with Crippen LogP contribution in [-0.2, 0) is 13.2 Å². The summed E-state index contributed by atoms with van der Waals surface area (Å²) in [5.41, 5.74) is 2.71. The van der Waals surface area contributed by atoms with Gasteiger partial charge >= 0.3 is 0 Å². The van der Waals surface area contributed by atoms with Crippen LogP contribution < -0.4 is 0 Å². The summed E-state index contributed by atoms with van der Waals surface area (Å²) in [6, 6.07) is 13.1. The molecule has 17 heavy (non-hydrogen) atoms. The van der Waals surface area contributed by atoms with Crippen LogP contribution in [0.15, 0.2) is 42.5 Å². The van der Waals surface area contributed by atoms with E-state index in [0.29, 0.717) is 11.1 Å². The average Bonchev–Trinajstić information content (AvgIpc) is 2.40. The van der Waals surface area contributed by atoms with Gasteiger partial charge in [0.15, 0.2) is 0 Å². The summed E-state index contributed by atoms with van der Waals surface area (Å²) >= 11 is 0. The van der Waals surface area contributed by atoms with Crippen molar-refractivity contribution in [3.63, 3.8) is 0 Å². The van der Waals surface area contributed by atoms with Crippen molar-refractivity contribution in [1.82, 2.24) is 0 Å². The molecular weight excluding hydrogens is 216 g/mol. The largest absolute Gasteiger partial charge is 0.507 e. The first kappa shape index (κ1) is 11.6. The van der Waals surface area contributed by atoms with Gasteiger partial charge in [0.05, 0.1) is 13.2 Å². The number of hydrogen-bond acceptors (Lipinski definition) is 3. The van der Waals surface area contributed by atoms with Gasteiger partial charge in [-0.3, -0.25) is 0 Å². The lowest BCUT2D eigenvalue weighted by molar-refractivity contribution is 0.264. The highest BCUT2D eigenvalue weighted by molar-refractivity contribution is 5.67. The molecule has 0 amide bonds. The zero-order valence-electron chi connectivity index (χ0n) is 9.30. The van der Waals surface area contributed by atoms with Crippen molar-refractivity contribution in [3.05, 3.63) is 53.6 Å². The monoisotopic (exact) mass is 230 g/mol. The maximum Gasteiger partial charge on any atom is 0.126 e. The molecule has 0 aliphatic rings. The van der Waals surface area contributed by atoms with Gasteiger partial charge in [0.2, 0.25) is 0 Å². The Morgan fingerprint density at radius 1 is 0.765 bits per heavy atom. The molecule has 3 heteroatoms. The van der Waals surface area contributed by atoms with E-state index < -0.39 is 0 Å². The second kappa shape index (κ2) is 4.99. The predicted molar refractivity (Wildman–Crippen MR) is 65.4 cm³/mol. The second-order valence-electron chi connectivity index (χ2n) is 3.83. The molecule has 3 nitrogen and oxygen atoms in total. The van der Waals surface area contributed by atoms with Crippen LogP contribution >= 0.6 is 0 Å². The molecule has 0 saturated heterocycles. The first-order valence-corrected chi connectivity index (χ1v) is 5.38. The zero-order valence-corrected chi connectivity index (χ0v) is 9.30. The van der Waals surface area contributed by atoms with E-state index >= 15 is 0 Å². The van der Waals surface area contributed by atoms with E-state index in [9.17, 15) is 5.11 Å². The molecule has 0 aromatic heterocycles. The average molecular weight is 230 g/mol. The number of aromatic hydroxyl groups is 1. The molecular formula is C14H14O3. The topological polar surface area (TPSA) is 60.7 Å². The molecule has 0 bridgehead atoms. The standard InChI is InChI=1S/C14H14O3/c15-8-12-6-11(7-13(9-16)14(12)17)10-4-2-1-3-5-10/h1-7,15-17H,8-9H2. The second-order valence-corrected chi connectivity index (χ2v) is 3.83. The van der Waals surface area contributed by atoms with Gasteiger partial charge < -0.3 is 15.3 Å². The molecule has 2 aromatic carbocycles. The summed E-state index contributed by atoms with van der Waals surface area (Å²) in [5, 5.41) is 28.1. The minimum absolute atomic E-state index is 0.0327. The number of phenols is 1. The van der Waals surface area contributed by atoms with Gasteiger partial charge in [0.25, 0.3) is 0 Å². The van der Waals surface area contributed by atoms with Crippen LogP contribution in [0.25, 0.3) is 11.1 Å². The highest BCUT2D eigenvalue weighted by Crippen LogP contribution is 2.30. The zero-order chi connectivity index (χ0) is 12.3. The summed E-state index contributed by atoms with van der Waals surface area (Å²) in [5.74, 6) is -0.0327. The summed E-state index contributed by atoms with van der Waals surface area (Å²) in [6.45, 7) is -0.501. The minimum atomic E-state index is -0.250. The molecule has 0 aliphatic heterocycles. The Hall–Kier alpha value is -1.84. The molecule has 0 fully saturated rings. The lowest BCUT2D eigenvalue weighted by atomic mass is 9.99. The SMILES string of the molecule is OCc1cc(-c2ccccc2)cc(CO)c1O. The van der Waals surface area contributed by atoms with Crippen molar-refractivity contribution in [3.8, 4) is 16.9 Å². The number of rotatable bonds is 3. The van der Waals surface area contributed by atoms with E-state index in [4.69, 9.17) is 10.2 Å². The van der Waals surface area contributed by atoms with Gasteiger partial charge in [0, 0.05) is 11.1 Å². The van der Waals surface area contributed by atoms with Crippen LogP contribution in [0.5, 0.6) is 5.75 Å². The molecule has 0 unspecified atom stereocenters. The maximum absolute atomic E-state index is 9.74. The van der Waals surface area contributed by atoms with Crippen LogP contribution in [0.3, 0.4) is 0 Å². The highest BCUT2D eigenvalue weighted by Gasteiger charge is 2.09.